The largest absolute Gasteiger partial charge is 0.507 e. The van der Waals surface area contributed by atoms with Crippen molar-refractivity contribution >= 4 is 11.6 Å². The molecule has 2 aromatic carbocycles. The van der Waals surface area contributed by atoms with Crippen molar-refractivity contribution in [1.82, 2.24) is 9.80 Å². The summed E-state index contributed by atoms with van der Waals surface area (Å²) in [5, 5.41) is 80.7. The van der Waals surface area contributed by atoms with Gasteiger partial charge >= 0.3 is 0 Å². The van der Waals surface area contributed by atoms with Crippen LogP contribution in [-0.4, -0.2) is 214 Å². The predicted molar refractivity (Wildman–Crippen MR) is 293 cm³/mol. The zero-order chi connectivity index (χ0) is 59.7. The lowest BCUT2D eigenvalue weighted by atomic mass is 9.70. The molecule has 10 rings (SSSR count). The van der Waals surface area contributed by atoms with Crippen molar-refractivity contribution in [2.75, 3.05) is 28.2 Å². The molecule has 0 radical (unpaired) electrons. The highest BCUT2D eigenvalue weighted by Crippen LogP contribution is 2.59. The van der Waals surface area contributed by atoms with Crippen LogP contribution in [-0.2, 0) is 56.8 Å². The van der Waals surface area contributed by atoms with E-state index in [1.54, 1.807) is 6.92 Å². The van der Waals surface area contributed by atoms with Gasteiger partial charge in [0.1, 0.15) is 41.3 Å². The number of phenols is 4. The fourth-order valence-corrected chi connectivity index (χ4v) is 13.7. The van der Waals surface area contributed by atoms with Crippen molar-refractivity contribution in [3.63, 3.8) is 0 Å². The van der Waals surface area contributed by atoms with Crippen LogP contribution in [0.15, 0.2) is 12.1 Å². The number of fused-ring (bicyclic) bond motifs is 3. The summed E-state index contributed by atoms with van der Waals surface area (Å²) < 4.78 is 77.7. The Morgan fingerprint density at radius 2 is 0.880 bits per heavy atom. The van der Waals surface area contributed by atoms with Gasteiger partial charge in [-0.3, -0.25) is 9.59 Å². The van der Waals surface area contributed by atoms with E-state index in [9.17, 15) is 45.3 Å². The summed E-state index contributed by atoms with van der Waals surface area (Å²) in [5.41, 5.74) is -4.66. The number of phenolic OH excluding ortho intramolecular Hbond substituents is 4. The van der Waals surface area contributed by atoms with Gasteiger partial charge in [-0.2, -0.15) is 0 Å². The molecule has 6 aliphatic heterocycles. The monoisotopic (exact) mass is 1170 g/mol. The van der Waals surface area contributed by atoms with E-state index in [1.807, 2.05) is 79.5 Å². The highest BCUT2D eigenvalue weighted by Gasteiger charge is 2.55. The third-order valence-electron chi connectivity index (χ3n) is 18.7. The summed E-state index contributed by atoms with van der Waals surface area (Å²) in [6.45, 7) is 12.9. The van der Waals surface area contributed by atoms with Gasteiger partial charge in [0.05, 0.1) is 95.0 Å². The maximum absolute atomic E-state index is 14.6. The third kappa shape index (κ3) is 12.5. The SMILES string of the molecule is CC[C@@]1(O)C[C@H](O[C@H]2C[C@H](N(C)C)[C@H](O[C@H]3CC[C@H](O[C@H]4CC[C@H](O)[C@@H](C)O4)[C@H](C)O3)[C@@H](C)O2)c2c(O)c3c(c(O)c2[C@@H]1O[C@H]1C[C@@H](N(C)C)[C@@H](O[C@H]2CC[C@H](O[C@H]4CC[C@H](O)[C@@H](C)O4)[C@@H](C)O2)[C@@H](C)O1)C(=O)c1c(O)ccc(O)c1C3=O. The molecule has 0 bridgehead atoms. The summed E-state index contributed by atoms with van der Waals surface area (Å²) in [6, 6.07) is 1.43. The molecular weight excluding hydrogens is 1080 g/mol. The number of ketones is 2. The molecule has 0 aromatic heterocycles. The topological polar surface area (TPSA) is 293 Å². The van der Waals surface area contributed by atoms with Crippen molar-refractivity contribution in [2.45, 2.75) is 266 Å². The number of aliphatic hydroxyl groups is 3. The summed E-state index contributed by atoms with van der Waals surface area (Å²) in [4.78, 5) is 33.1. The lowest BCUT2D eigenvalue weighted by Gasteiger charge is -2.50. The molecule has 0 unspecified atom stereocenters. The highest BCUT2D eigenvalue weighted by molar-refractivity contribution is 6.32. The number of aliphatic hydroxyl groups excluding tert-OH is 2. The van der Waals surface area contributed by atoms with E-state index in [2.05, 4.69) is 0 Å². The van der Waals surface area contributed by atoms with E-state index in [0.717, 1.165) is 12.1 Å². The maximum atomic E-state index is 14.6. The first-order valence-corrected chi connectivity index (χ1v) is 29.9. The number of ether oxygens (including phenoxy) is 12. The lowest BCUT2D eigenvalue weighted by molar-refractivity contribution is -0.324. The van der Waals surface area contributed by atoms with Crippen LogP contribution in [0.4, 0.5) is 0 Å². The predicted octanol–water partition coefficient (Wildman–Crippen LogP) is 5.44. The van der Waals surface area contributed by atoms with Crippen LogP contribution in [0.1, 0.15) is 181 Å². The van der Waals surface area contributed by atoms with Gasteiger partial charge in [0.2, 0.25) is 11.6 Å². The van der Waals surface area contributed by atoms with Crippen LogP contribution in [0.2, 0.25) is 0 Å². The Bertz CT molecular complexity index is 2640. The quantitative estimate of drug-likeness (QED) is 0.0933. The molecule has 23 atom stereocenters. The number of benzene rings is 2. The number of carbonyl (C=O) groups excluding carboxylic acids is 2. The average molecular weight is 1170 g/mol. The van der Waals surface area contributed by atoms with Crippen molar-refractivity contribution in [3.8, 4) is 23.0 Å². The Kier molecular flexibility index (Phi) is 18.9. The first-order chi connectivity index (χ1) is 39.4. The standard InChI is InChI=1S/C60H88N2O21/c1-12-60(71)25-40(80-45-23-32(61(8)9)57(30(6)76-45)81-43-21-17-38(28(4)74-43)78-41-19-15-34(63)26(2)72-41)49-52(56(70)51-50(55(49)69)53(67)47-36(65)13-14-37(66)48(47)54(51)68)59(60)83-46-24-33(62(10)11)58(31(7)77-46)82-44-22-18-39(29(5)75-44)79-42-20-16-35(64)27(3)73-42/h13-14,26-35,38-46,57-59,63-66,69-71H,12,15-25H2,1-11H3/t26-,27-,28+,29-,30-,31-,32+,33-,34+,35+,38+,39+,40+,41+,42+,43+,44+,45+,46+,57-,58+,59+,60-/m1/s1. The number of hydrogen-bond donors (Lipinski definition) is 7. The second kappa shape index (κ2) is 25.2. The van der Waals surface area contributed by atoms with Gasteiger partial charge in [-0.05, 0) is 114 Å². The molecule has 6 fully saturated rings. The van der Waals surface area contributed by atoms with Crippen molar-refractivity contribution < 1.29 is 102 Å². The van der Waals surface area contributed by atoms with Crippen molar-refractivity contribution in [1.29, 1.82) is 0 Å². The molecule has 6 heterocycles. The summed E-state index contributed by atoms with van der Waals surface area (Å²) in [7, 11) is 7.62. The first-order valence-electron chi connectivity index (χ1n) is 29.9. The lowest BCUT2D eigenvalue weighted by Crippen LogP contribution is -2.57. The smallest absolute Gasteiger partial charge is 0.202 e. The number of carbonyl (C=O) groups is 2. The zero-order valence-electron chi connectivity index (χ0n) is 49.6. The number of aromatic hydroxyl groups is 4. The normalized spacial score (nSPS) is 41.4. The molecule has 464 valence electrons. The van der Waals surface area contributed by atoms with Gasteiger partial charge in [-0.15, -0.1) is 0 Å². The fraction of sp³-hybridized carbons (Fsp3) is 0.767. The number of nitrogens with zero attached hydrogens (tertiary/aromatic N) is 2. The highest BCUT2D eigenvalue weighted by atomic mass is 16.8. The fourth-order valence-electron chi connectivity index (χ4n) is 13.7. The minimum atomic E-state index is -1.90. The first kappa shape index (κ1) is 62.4. The molecular formula is C60H88N2O21. The van der Waals surface area contributed by atoms with E-state index < -0.39 is 149 Å². The Balaban J connectivity index is 0.894. The molecule has 7 N–H and O–H groups in total. The second-order valence-electron chi connectivity index (χ2n) is 24.7. The van der Waals surface area contributed by atoms with Gasteiger partial charge < -0.3 is 102 Å². The van der Waals surface area contributed by atoms with Crippen LogP contribution < -0.4 is 0 Å². The molecule has 0 saturated carbocycles. The van der Waals surface area contributed by atoms with Gasteiger partial charge in [0, 0.05) is 68.2 Å². The van der Waals surface area contributed by atoms with Gasteiger partial charge in [-0.1, -0.05) is 6.92 Å². The molecule has 8 aliphatic rings. The molecule has 23 heteroatoms. The Morgan fingerprint density at radius 1 is 0.494 bits per heavy atom. The van der Waals surface area contributed by atoms with Gasteiger partial charge in [0.25, 0.3) is 0 Å². The van der Waals surface area contributed by atoms with Crippen molar-refractivity contribution in [2.24, 2.45) is 0 Å². The third-order valence-corrected chi connectivity index (χ3v) is 18.7. The summed E-state index contributed by atoms with van der Waals surface area (Å²) >= 11 is 0. The minimum absolute atomic E-state index is 0.000689. The van der Waals surface area contributed by atoms with Crippen LogP contribution in [0, 0.1) is 0 Å². The molecule has 0 spiro atoms. The second-order valence-corrected chi connectivity index (χ2v) is 24.7. The van der Waals surface area contributed by atoms with Gasteiger partial charge in [-0.25, -0.2) is 0 Å². The van der Waals surface area contributed by atoms with E-state index in [1.165, 1.54) is 0 Å². The van der Waals surface area contributed by atoms with E-state index in [0.29, 0.717) is 51.4 Å². The average Bonchev–Trinajstić information content (AvgIpc) is 3.07. The number of likely N-dealkylation sites (N-methyl/N-ethyl adjacent to an activating group) is 2. The molecule has 6 saturated heterocycles. The van der Waals surface area contributed by atoms with E-state index in [-0.39, 0.29) is 85.5 Å². The Labute approximate surface area is 485 Å². The molecule has 2 aromatic rings. The summed E-state index contributed by atoms with van der Waals surface area (Å²) in [6.07, 6.45) is -7.42. The molecule has 83 heavy (non-hydrogen) atoms. The number of rotatable bonds is 15. The van der Waals surface area contributed by atoms with Crippen LogP contribution in [0.5, 0.6) is 23.0 Å². The van der Waals surface area contributed by atoms with E-state index in [4.69, 9.17) is 56.8 Å². The van der Waals surface area contributed by atoms with Gasteiger partial charge in [0.15, 0.2) is 37.7 Å². The van der Waals surface area contributed by atoms with Crippen LogP contribution >= 0.6 is 0 Å². The van der Waals surface area contributed by atoms with E-state index >= 15 is 0 Å². The van der Waals surface area contributed by atoms with Crippen molar-refractivity contribution in [3.05, 3.63) is 45.5 Å². The van der Waals surface area contributed by atoms with Crippen LogP contribution in [0.3, 0.4) is 0 Å². The zero-order valence-corrected chi connectivity index (χ0v) is 49.6. The Hall–Kier alpha value is -3.70. The molecule has 2 aliphatic carbocycles. The Morgan fingerprint density at radius 3 is 1.29 bits per heavy atom. The summed E-state index contributed by atoms with van der Waals surface area (Å²) in [5.74, 6) is -4.88. The minimum Gasteiger partial charge on any atom is -0.507 e. The van der Waals surface area contributed by atoms with Crippen LogP contribution in [0.25, 0.3) is 0 Å². The molecule has 23 nitrogen and oxygen atoms in total. The number of hydrogen-bond acceptors (Lipinski definition) is 23. The maximum Gasteiger partial charge on any atom is 0.202 e. The molecule has 0 amide bonds.